The molecule has 0 bridgehead atoms. The van der Waals surface area contributed by atoms with Crippen LogP contribution in [0.2, 0.25) is 5.02 Å². The van der Waals surface area contributed by atoms with E-state index in [-0.39, 0.29) is 0 Å². The van der Waals surface area contributed by atoms with Crippen LogP contribution in [0.15, 0.2) is 16.6 Å². The molecule has 16 heavy (non-hydrogen) atoms. The van der Waals surface area contributed by atoms with Crippen LogP contribution in [0.1, 0.15) is 37.4 Å². The highest BCUT2D eigenvalue weighted by Crippen LogP contribution is 2.41. The zero-order valence-corrected chi connectivity index (χ0v) is 12.0. The molecule has 0 radical (unpaired) electrons. The Hall–Kier alpha value is -0.0500. The van der Waals surface area contributed by atoms with Crippen molar-refractivity contribution in [3.05, 3.63) is 32.8 Å². The Morgan fingerprint density at radius 1 is 1.50 bits per heavy atom. The third-order valence-electron chi connectivity index (χ3n) is 3.24. The average Bonchev–Trinajstić information content (AvgIpc) is 2.53. The highest BCUT2D eigenvalue weighted by atomic mass is 79.9. The molecule has 88 valence electrons. The van der Waals surface area contributed by atoms with E-state index in [4.69, 9.17) is 11.6 Å². The second kappa shape index (κ2) is 5.07. The number of hydrogen-bond acceptors (Lipinski definition) is 1. The van der Waals surface area contributed by atoms with E-state index in [1.165, 1.54) is 17.5 Å². The van der Waals surface area contributed by atoms with Gasteiger partial charge in [-0.05, 0) is 48.6 Å². The molecule has 0 fully saturated rings. The maximum atomic E-state index is 6.12. The first-order valence-electron chi connectivity index (χ1n) is 5.84. The average molecular weight is 303 g/mol. The van der Waals surface area contributed by atoms with Crippen molar-refractivity contribution in [3.63, 3.8) is 0 Å². The molecule has 1 N–H and O–H groups in total. The topological polar surface area (TPSA) is 12.0 Å². The van der Waals surface area contributed by atoms with Gasteiger partial charge < -0.3 is 5.32 Å². The Labute approximate surface area is 111 Å². The molecule has 1 aliphatic rings. The van der Waals surface area contributed by atoms with Crippen molar-refractivity contribution < 1.29 is 0 Å². The summed E-state index contributed by atoms with van der Waals surface area (Å²) in [6.45, 7) is 5.56. The van der Waals surface area contributed by atoms with Crippen LogP contribution >= 0.6 is 27.5 Å². The number of nitrogens with one attached hydrogen (secondary N) is 1. The number of rotatable bonds is 3. The van der Waals surface area contributed by atoms with E-state index in [1.54, 1.807) is 0 Å². The van der Waals surface area contributed by atoms with Crippen LogP contribution in [0.25, 0.3) is 0 Å². The van der Waals surface area contributed by atoms with Crippen molar-refractivity contribution in [2.45, 2.75) is 32.7 Å². The van der Waals surface area contributed by atoms with Crippen molar-refractivity contribution >= 4 is 27.5 Å². The van der Waals surface area contributed by atoms with Gasteiger partial charge in [-0.15, -0.1) is 0 Å². The summed E-state index contributed by atoms with van der Waals surface area (Å²) < 4.78 is 1.16. The number of fused-ring (bicyclic) bond motifs is 1. The summed E-state index contributed by atoms with van der Waals surface area (Å²) >= 11 is 9.73. The van der Waals surface area contributed by atoms with Gasteiger partial charge in [-0.1, -0.05) is 41.4 Å². The zero-order chi connectivity index (χ0) is 11.7. The smallest absolute Gasteiger partial charge is 0.0420 e. The minimum Gasteiger partial charge on any atom is -0.310 e. The number of benzene rings is 1. The monoisotopic (exact) mass is 301 g/mol. The number of halogens is 2. The fraction of sp³-hybridized carbons (Fsp3) is 0.538. The molecule has 0 aliphatic heterocycles. The molecule has 1 aromatic carbocycles. The third-order valence-corrected chi connectivity index (χ3v) is 4.16. The van der Waals surface area contributed by atoms with E-state index in [0.29, 0.717) is 12.0 Å². The molecular weight excluding hydrogens is 286 g/mol. The first kappa shape index (κ1) is 12.4. The van der Waals surface area contributed by atoms with Gasteiger partial charge in [0.1, 0.15) is 0 Å². The van der Waals surface area contributed by atoms with E-state index in [9.17, 15) is 0 Å². The van der Waals surface area contributed by atoms with Gasteiger partial charge in [0.25, 0.3) is 0 Å². The Bertz CT molecular complexity index is 392. The van der Waals surface area contributed by atoms with Gasteiger partial charge in [0.15, 0.2) is 0 Å². The summed E-state index contributed by atoms with van der Waals surface area (Å²) in [5.74, 6) is 0.649. The van der Waals surface area contributed by atoms with E-state index in [0.717, 1.165) is 22.5 Å². The van der Waals surface area contributed by atoms with Gasteiger partial charge >= 0.3 is 0 Å². The van der Waals surface area contributed by atoms with E-state index in [1.807, 2.05) is 6.07 Å². The summed E-state index contributed by atoms with van der Waals surface area (Å²) in [7, 11) is 0. The standard InChI is InChI=1S/C13H17BrClN/c1-3-4-16-13-8(2)5-10-11(13)6-9(15)7-12(10)14/h6-8,13,16H,3-5H2,1-2H3. The molecule has 2 unspecified atom stereocenters. The molecule has 0 heterocycles. The maximum absolute atomic E-state index is 6.12. The van der Waals surface area contributed by atoms with Crippen molar-refractivity contribution in [1.29, 1.82) is 0 Å². The molecule has 0 saturated carbocycles. The first-order valence-corrected chi connectivity index (χ1v) is 7.01. The Morgan fingerprint density at radius 3 is 2.94 bits per heavy atom. The van der Waals surface area contributed by atoms with Crippen LogP contribution in [0.4, 0.5) is 0 Å². The summed E-state index contributed by atoms with van der Waals surface area (Å²) in [5.41, 5.74) is 2.80. The fourth-order valence-electron chi connectivity index (χ4n) is 2.47. The molecule has 0 amide bonds. The Morgan fingerprint density at radius 2 is 2.25 bits per heavy atom. The molecule has 3 heteroatoms. The SMILES string of the molecule is CCCNC1c2cc(Cl)cc(Br)c2CC1C. The van der Waals surface area contributed by atoms with Gasteiger partial charge in [0.05, 0.1) is 0 Å². The quantitative estimate of drug-likeness (QED) is 0.876. The van der Waals surface area contributed by atoms with Crippen LogP contribution in [-0.2, 0) is 6.42 Å². The lowest BCUT2D eigenvalue weighted by molar-refractivity contribution is 0.417. The highest BCUT2D eigenvalue weighted by molar-refractivity contribution is 9.10. The van der Waals surface area contributed by atoms with Crippen LogP contribution in [0.3, 0.4) is 0 Å². The predicted molar refractivity (Wildman–Crippen MR) is 73.1 cm³/mol. The molecular formula is C13H17BrClN. The summed E-state index contributed by atoms with van der Waals surface area (Å²) in [4.78, 5) is 0. The van der Waals surface area contributed by atoms with Crippen LogP contribution < -0.4 is 5.32 Å². The minimum absolute atomic E-state index is 0.463. The number of hydrogen-bond donors (Lipinski definition) is 1. The molecule has 1 nitrogen and oxygen atoms in total. The summed E-state index contributed by atoms with van der Waals surface area (Å²) in [5, 5.41) is 4.43. The van der Waals surface area contributed by atoms with Gasteiger partial charge in [0, 0.05) is 15.5 Å². The van der Waals surface area contributed by atoms with Crippen molar-refractivity contribution in [2.75, 3.05) is 6.54 Å². The van der Waals surface area contributed by atoms with Gasteiger partial charge in [-0.2, -0.15) is 0 Å². The van der Waals surface area contributed by atoms with Crippen LogP contribution in [-0.4, -0.2) is 6.54 Å². The molecule has 0 spiro atoms. The molecule has 1 aliphatic carbocycles. The van der Waals surface area contributed by atoms with E-state index in [2.05, 4.69) is 41.2 Å². The normalized spacial score (nSPS) is 23.5. The van der Waals surface area contributed by atoms with Crippen molar-refractivity contribution in [3.8, 4) is 0 Å². The highest BCUT2D eigenvalue weighted by Gasteiger charge is 2.30. The lowest BCUT2D eigenvalue weighted by Crippen LogP contribution is -2.24. The fourth-order valence-corrected chi connectivity index (χ4v) is 3.47. The largest absolute Gasteiger partial charge is 0.310 e. The van der Waals surface area contributed by atoms with Crippen molar-refractivity contribution in [2.24, 2.45) is 5.92 Å². The van der Waals surface area contributed by atoms with E-state index < -0.39 is 0 Å². The van der Waals surface area contributed by atoms with Gasteiger partial charge in [0.2, 0.25) is 0 Å². The first-order chi connectivity index (χ1) is 7.63. The van der Waals surface area contributed by atoms with Gasteiger partial charge in [-0.25, -0.2) is 0 Å². The predicted octanol–water partition coefficient (Wildman–Crippen LogP) is 4.34. The molecule has 2 atom stereocenters. The summed E-state index contributed by atoms with van der Waals surface area (Å²) in [6, 6.07) is 4.57. The molecule has 1 aromatic rings. The van der Waals surface area contributed by atoms with E-state index >= 15 is 0 Å². The van der Waals surface area contributed by atoms with Crippen LogP contribution in [0.5, 0.6) is 0 Å². The van der Waals surface area contributed by atoms with Gasteiger partial charge in [-0.3, -0.25) is 0 Å². The zero-order valence-electron chi connectivity index (χ0n) is 9.69. The third kappa shape index (κ3) is 2.29. The lowest BCUT2D eigenvalue weighted by atomic mass is 10.0. The second-order valence-corrected chi connectivity index (χ2v) is 5.86. The molecule has 2 rings (SSSR count). The minimum atomic E-state index is 0.463. The lowest BCUT2D eigenvalue weighted by Gasteiger charge is -2.18. The summed E-state index contributed by atoms with van der Waals surface area (Å²) in [6.07, 6.45) is 2.30. The van der Waals surface area contributed by atoms with Crippen molar-refractivity contribution in [1.82, 2.24) is 5.32 Å². The second-order valence-electron chi connectivity index (χ2n) is 4.57. The Kier molecular flexibility index (Phi) is 3.93. The maximum Gasteiger partial charge on any atom is 0.0420 e. The van der Waals surface area contributed by atoms with Crippen LogP contribution in [0, 0.1) is 5.92 Å². The molecule has 0 saturated heterocycles. The molecule has 0 aromatic heterocycles. The Balaban J connectivity index is 2.32.